The number of halogens is 2. The second kappa shape index (κ2) is 7.72. The number of hydrogen-bond donors (Lipinski definition) is 2. The molecule has 2 N–H and O–H groups in total. The number of aryl methyl sites for hydroxylation is 2. The van der Waals surface area contributed by atoms with Crippen molar-refractivity contribution >= 4 is 35.3 Å². The molecule has 26 heavy (non-hydrogen) atoms. The molecule has 1 amide bonds. The Bertz CT molecular complexity index is 995. The van der Waals surface area contributed by atoms with Gasteiger partial charge in [0.2, 0.25) is 0 Å². The van der Waals surface area contributed by atoms with Crippen LogP contribution in [-0.2, 0) is 0 Å². The third-order valence-corrected chi connectivity index (χ3v) is 4.81. The van der Waals surface area contributed by atoms with E-state index in [1.165, 1.54) is 17.3 Å². The van der Waals surface area contributed by atoms with Gasteiger partial charge in [-0.1, -0.05) is 47.5 Å². The van der Waals surface area contributed by atoms with E-state index in [2.05, 4.69) is 20.7 Å². The van der Waals surface area contributed by atoms with Crippen molar-refractivity contribution in [2.24, 2.45) is 5.10 Å². The molecule has 0 radical (unpaired) electrons. The average molecular weight is 387 g/mol. The minimum absolute atomic E-state index is 0.313. The predicted octanol–water partition coefficient (Wildman–Crippen LogP) is 4.76. The molecule has 0 fully saturated rings. The van der Waals surface area contributed by atoms with Crippen molar-refractivity contribution in [3.63, 3.8) is 0 Å². The summed E-state index contributed by atoms with van der Waals surface area (Å²) in [6.07, 6.45) is 1.44. The maximum Gasteiger partial charge on any atom is 0.289 e. The van der Waals surface area contributed by atoms with E-state index in [-0.39, 0.29) is 0 Å². The fraction of sp³-hybridized carbons (Fsp3) is 0.105. The van der Waals surface area contributed by atoms with E-state index in [0.29, 0.717) is 27.0 Å². The molecule has 0 bridgehead atoms. The normalized spacial score (nSPS) is 11.1. The first-order chi connectivity index (χ1) is 12.5. The van der Waals surface area contributed by atoms with Gasteiger partial charge in [-0.3, -0.25) is 9.89 Å². The van der Waals surface area contributed by atoms with Gasteiger partial charge in [-0.05, 0) is 43.2 Å². The molecule has 0 unspecified atom stereocenters. The SMILES string of the molecule is Cc1ccc(-c2cc(C(=O)N/N=C\c3cccc(Cl)c3Cl)[nH]n2)cc1C. The number of rotatable bonds is 4. The molecule has 0 aliphatic rings. The zero-order valence-electron chi connectivity index (χ0n) is 14.2. The van der Waals surface area contributed by atoms with Crippen LogP contribution in [-0.4, -0.2) is 22.3 Å². The van der Waals surface area contributed by atoms with Crippen molar-refractivity contribution in [1.29, 1.82) is 0 Å². The lowest BCUT2D eigenvalue weighted by Crippen LogP contribution is -2.18. The van der Waals surface area contributed by atoms with E-state index in [0.717, 1.165) is 5.56 Å². The molecular weight excluding hydrogens is 371 g/mol. The lowest BCUT2D eigenvalue weighted by Gasteiger charge is -2.01. The van der Waals surface area contributed by atoms with Gasteiger partial charge in [0.15, 0.2) is 0 Å². The number of H-pyrrole nitrogens is 1. The topological polar surface area (TPSA) is 70.1 Å². The molecule has 3 rings (SSSR count). The van der Waals surface area contributed by atoms with E-state index >= 15 is 0 Å². The van der Waals surface area contributed by atoms with Gasteiger partial charge in [0.1, 0.15) is 5.69 Å². The molecule has 3 aromatic rings. The molecule has 0 aliphatic heterocycles. The van der Waals surface area contributed by atoms with Gasteiger partial charge in [0, 0.05) is 11.1 Å². The van der Waals surface area contributed by atoms with Gasteiger partial charge in [0.05, 0.1) is 22.0 Å². The summed E-state index contributed by atoms with van der Waals surface area (Å²) in [5, 5.41) is 11.6. The zero-order chi connectivity index (χ0) is 18.7. The zero-order valence-corrected chi connectivity index (χ0v) is 15.7. The summed E-state index contributed by atoms with van der Waals surface area (Å²) in [6, 6.07) is 12.9. The van der Waals surface area contributed by atoms with Crippen LogP contribution in [0.2, 0.25) is 10.0 Å². The molecular formula is C19H16Cl2N4O. The number of amides is 1. The minimum Gasteiger partial charge on any atom is -0.272 e. The number of carbonyl (C=O) groups excluding carboxylic acids is 1. The Balaban J connectivity index is 1.71. The van der Waals surface area contributed by atoms with E-state index in [9.17, 15) is 4.79 Å². The molecule has 132 valence electrons. The fourth-order valence-corrected chi connectivity index (χ4v) is 2.68. The van der Waals surface area contributed by atoms with Crippen LogP contribution in [0.15, 0.2) is 47.6 Å². The average Bonchev–Trinajstić information content (AvgIpc) is 3.11. The Kier molecular flexibility index (Phi) is 5.40. The molecule has 2 aromatic carbocycles. The third-order valence-electron chi connectivity index (χ3n) is 3.98. The first-order valence-electron chi connectivity index (χ1n) is 7.86. The molecule has 0 aliphatic carbocycles. The summed E-state index contributed by atoms with van der Waals surface area (Å²) in [4.78, 5) is 12.2. The van der Waals surface area contributed by atoms with Gasteiger partial charge >= 0.3 is 0 Å². The largest absolute Gasteiger partial charge is 0.289 e. The Morgan fingerprint density at radius 2 is 1.96 bits per heavy atom. The number of hydrogen-bond acceptors (Lipinski definition) is 3. The predicted molar refractivity (Wildman–Crippen MR) is 105 cm³/mol. The number of carbonyl (C=O) groups is 1. The standard InChI is InChI=1S/C19H16Cl2N4O/c1-11-6-7-13(8-12(11)2)16-9-17(24-23-16)19(26)25-22-10-14-4-3-5-15(20)18(14)21/h3-10H,1-2H3,(H,23,24)(H,25,26)/b22-10-. The highest BCUT2D eigenvalue weighted by atomic mass is 35.5. The monoisotopic (exact) mass is 386 g/mol. The van der Waals surface area contributed by atoms with E-state index in [1.54, 1.807) is 24.3 Å². The van der Waals surface area contributed by atoms with Crippen LogP contribution in [0.1, 0.15) is 27.2 Å². The van der Waals surface area contributed by atoms with Gasteiger partial charge in [-0.25, -0.2) is 5.43 Å². The van der Waals surface area contributed by atoms with Crippen molar-refractivity contribution in [2.75, 3.05) is 0 Å². The molecule has 5 nitrogen and oxygen atoms in total. The van der Waals surface area contributed by atoms with Gasteiger partial charge in [0.25, 0.3) is 5.91 Å². The van der Waals surface area contributed by atoms with Gasteiger partial charge in [-0.2, -0.15) is 10.2 Å². The summed E-state index contributed by atoms with van der Waals surface area (Å²) in [5.74, 6) is -0.401. The van der Waals surface area contributed by atoms with Crippen molar-refractivity contribution < 1.29 is 4.79 Å². The molecule has 0 saturated carbocycles. The van der Waals surface area contributed by atoms with Crippen LogP contribution in [0.5, 0.6) is 0 Å². The first kappa shape index (κ1) is 18.2. The lowest BCUT2D eigenvalue weighted by molar-refractivity contribution is 0.0950. The highest BCUT2D eigenvalue weighted by Gasteiger charge is 2.11. The number of nitrogens with zero attached hydrogens (tertiary/aromatic N) is 2. The molecule has 1 aromatic heterocycles. The number of nitrogens with one attached hydrogen (secondary N) is 2. The smallest absolute Gasteiger partial charge is 0.272 e. The van der Waals surface area contributed by atoms with Crippen LogP contribution in [0.3, 0.4) is 0 Å². The summed E-state index contributed by atoms with van der Waals surface area (Å²) in [5.41, 5.74) is 7.37. The van der Waals surface area contributed by atoms with Crippen molar-refractivity contribution in [2.45, 2.75) is 13.8 Å². The van der Waals surface area contributed by atoms with Crippen LogP contribution in [0.25, 0.3) is 11.3 Å². The Morgan fingerprint density at radius 1 is 1.15 bits per heavy atom. The summed E-state index contributed by atoms with van der Waals surface area (Å²) < 4.78 is 0. The fourth-order valence-electron chi connectivity index (χ4n) is 2.33. The van der Waals surface area contributed by atoms with Crippen LogP contribution >= 0.6 is 23.2 Å². The number of aromatic amines is 1. The summed E-state index contributed by atoms with van der Waals surface area (Å²) in [7, 11) is 0. The Morgan fingerprint density at radius 3 is 2.73 bits per heavy atom. The van der Waals surface area contributed by atoms with Crippen molar-refractivity contribution in [1.82, 2.24) is 15.6 Å². The Labute approximate surface area is 161 Å². The molecule has 0 spiro atoms. The maximum atomic E-state index is 12.2. The minimum atomic E-state index is -0.401. The molecule has 1 heterocycles. The van der Waals surface area contributed by atoms with E-state index < -0.39 is 5.91 Å². The first-order valence-corrected chi connectivity index (χ1v) is 8.62. The van der Waals surface area contributed by atoms with Crippen LogP contribution < -0.4 is 5.43 Å². The van der Waals surface area contributed by atoms with E-state index in [1.807, 2.05) is 32.0 Å². The number of benzene rings is 2. The maximum absolute atomic E-state index is 12.2. The summed E-state index contributed by atoms with van der Waals surface area (Å²) >= 11 is 12.0. The third kappa shape index (κ3) is 3.95. The van der Waals surface area contributed by atoms with Crippen LogP contribution in [0, 0.1) is 13.8 Å². The van der Waals surface area contributed by atoms with E-state index in [4.69, 9.17) is 23.2 Å². The number of aromatic nitrogens is 2. The number of hydrazone groups is 1. The summed E-state index contributed by atoms with van der Waals surface area (Å²) in [6.45, 7) is 4.08. The highest BCUT2D eigenvalue weighted by molar-refractivity contribution is 6.43. The molecule has 0 saturated heterocycles. The van der Waals surface area contributed by atoms with Gasteiger partial charge < -0.3 is 0 Å². The second-order valence-electron chi connectivity index (χ2n) is 5.81. The highest BCUT2D eigenvalue weighted by Crippen LogP contribution is 2.24. The van der Waals surface area contributed by atoms with Crippen molar-refractivity contribution in [3.8, 4) is 11.3 Å². The quantitative estimate of drug-likeness (QED) is 0.500. The molecule has 0 atom stereocenters. The van der Waals surface area contributed by atoms with Gasteiger partial charge in [-0.15, -0.1) is 0 Å². The molecule has 7 heteroatoms. The van der Waals surface area contributed by atoms with Crippen LogP contribution in [0.4, 0.5) is 0 Å². The second-order valence-corrected chi connectivity index (χ2v) is 6.59. The Hall–Kier alpha value is -2.63. The lowest BCUT2D eigenvalue weighted by atomic mass is 10.0. The van der Waals surface area contributed by atoms with Crippen molar-refractivity contribution in [3.05, 3.63) is 74.9 Å².